The summed E-state index contributed by atoms with van der Waals surface area (Å²) < 4.78 is 5.38. The van der Waals surface area contributed by atoms with E-state index in [-0.39, 0.29) is 5.92 Å². The van der Waals surface area contributed by atoms with E-state index in [1.807, 2.05) is 38.4 Å². The third kappa shape index (κ3) is 8.06. The highest BCUT2D eigenvalue weighted by molar-refractivity contribution is 6.30. The minimum atomic E-state index is -0.637. The maximum absolute atomic E-state index is 12.1. The molecule has 0 radical (unpaired) electrons. The van der Waals surface area contributed by atoms with Gasteiger partial charge < -0.3 is 4.74 Å². The van der Waals surface area contributed by atoms with E-state index in [2.05, 4.69) is 16.9 Å². The topological polar surface area (TPSA) is 52.1 Å². The predicted octanol–water partition coefficient (Wildman–Crippen LogP) is 7.00. The second-order valence-corrected chi connectivity index (χ2v) is 8.49. The van der Waals surface area contributed by atoms with Gasteiger partial charge in [0.25, 0.3) is 0 Å². The van der Waals surface area contributed by atoms with Gasteiger partial charge in [-0.25, -0.2) is 9.97 Å². The maximum Gasteiger partial charge on any atom is 0.329 e. The van der Waals surface area contributed by atoms with Gasteiger partial charge in [0.05, 0.1) is 0 Å². The minimum absolute atomic E-state index is 0.0754. The SMILES string of the molecule is CCCCCCCCCc1cnc(-c2ccc(OC(=O)C(Cl)C(C)CC)cc2)nc1. The summed E-state index contributed by atoms with van der Waals surface area (Å²) in [5.41, 5.74) is 2.07. The van der Waals surface area contributed by atoms with Crippen LogP contribution >= 0.6 is 11.6 Å². The Labute approximate surface area is 186 Å². The first kappa shape index (κ1) is 24.3. The fourth-order valence-electron chi connectivity index (χ4n) is 3.20. The van der Waals surface area contributed by atoms with E-state index >= 15 is 0 Å². The summed E-state index contributed by atoms with van der Waals surface area (Å²) in [6.07, 6.45) is 14.8. The quantitative estimate of drug-likeness (QED) is 0.148. The van der Waals surface area contributed by atoms with Crippen molar-refractivity contribution in [2.75, 3.05) is 0 Å². The lowest BCUT2D eigenvalue weighted by Crippen LogP contribution is -2.26. The van der Waals surface area contributed by atoms with Crippen LogP contribution in [0.3, 0.4) is 0 Å². The molecular weight excluding hydrogens is 396 g/mol. The number of carbonyl (C=O) groups is 1. The third-order valence-electron chi connectivity index (χ3n) is 5.47. The molecule has 1 heterocycles. The van der Waals surface area contributed by atoms with E-state index in [4.69, 9.17) is 16.3 Å². The summed E-state index contributed by atoms with van der Waals surface area (Å²) in [5.74, 6) is 0.815. The van der Waals surface area contributed by atoms with E-state index in [0.717, 1.165) is 18.4 Å². The van der Waals surface area contributed by atoms with Crippen molar-refractivity contribution >= 4 is 17.6 Å². The Balaban J connectivity index is 1.81. The van der Waals surface area contributed by atoms with Gasteiger partial charge in [0, 0.05) is 18.0 Å². The summed E-state index contributed by atoms with van der Waals surface area (Å²) in [6.45, 7) is 6.19. The van der Waals surface area contributed by atoms with Gasteiger partial charge in [-0.1, -0.05) is 65.7 Å². The molecule has 0 fully saturated rings. The first-order valence-corrected chi connectivity index (χ1v) is 11.8. The van der Waals surface area contributed by atoms with Crippen LogP contribution < -0.4 is 4.74 Å². The number of unbranched alkanes of at least 4 members (excludes halogenated alkanes) is 6. The van der Waals surface area contributed by atoms with Crippen LogP contribution in [-0.2, 0) is 11.2 Å². The molecule has 0 saturated carbocycles. The second kappa shape index (κ2) is 13.4. The molecule has 1 aromatic carbocycles. The third-order valence-corrected chi connectivity index (χ3v) is 6.08. The Hall–Kier alpha value is -1.94. The number of carbonyl (C=O) groups excluding carboxylic acids is 1. The molecule has 4 nitrogen and oxygen atoms in total. The number of aryl methyl sites for hydroxylation is 1. The van der Waals surface area contributed by atoms with Crippen LogP contribution in [0.5, 0.6) is 5.75 Å². The normalized spacial score (nSPS) is 13.1. The van der Waals surface area contributed by atoms with E-state index in [1.165, 1.54) is 50.5 Å². The lowest BCUT2D eigenvalue weighted by Gasteiger charge is -2.14. The average Bonchev–Trinajstić information content (AvgIpc) is 2.78. The molecule has 2 rings (SSSR count). The molecule has 2 unspecified atom stereocenters. The van der Waals surface area contributed by atoms with Crippen molar-refractivity contribution in [1.29, 1.82) is 0 Å². The molecule has 0 aliphatic heterocycles. The Kier molecular flexibility index (Phi) is 10.9. The number of halogens is 1. The van der Waals surface area contributed by atoms with Crippen molar-refractivity contribution in [3.63, 3.8) is 0 Å². The van der Waals surface area contributed by atoms with Gasteiger partial charge in [0.1, 0.15) is 11.1 Å². The van der Waals surface area contributed by atoms with Gasteiger partial charge in [-0.2, -0.15) is 0 Å². The second-order valence-electron chi connectivity index (χ2n) is 8.02. The fourth-order valence-corrected chi connectivity index (χ4v) is 3.43. The van der Waals surface area contributed by atoms with E-state index in [0.29, 0.717) is 11.6 Å². The minimum Gasteiger partial charge on any atom is -0.425 e. The van der Waals surface area contributed by atoms with Crippen molar-refractivity contribution < 1.29 is 9.53 Å². The van der Waals surface area contributed by atoms with Gasteiger partial charge in [-0.05, 0) is 48.6 Å². The summed E-state index contributed by atoms with van der Waals surface area (Å²) in [4.78, 5) is 21.1. The summed E-state index contributed by atoms with van der Waals surface area (Å²) in [7, 11) is 0. The zero-order chi connectivity index (χ0) is 21.8. The molecule has 30 heavy (non-hydrogen) atoms. The first-order chi connectivity index (χ1) is 14.5. The number of alkyl halides is 1. The molecule has 0 aliphatic carbocycles. The largest absolute Gasteiger partial charge is 0.425 e. The number of ether oxygens (including phenoxy) is 1. The zero-order valence-electron chi connectivity index (χ0n) is 18.6. The number of rotatable bonds is 13. The Morgan fingerprint density at radius 3 is 2.17 bits per heavy atom. The number of hydrogen-bond acceptors (Lipinski definition) is 4. The first-order valence-electron chi connectivity index (χ1n) is 11.3. The number of aromatic nitrogens is 2. The Morgan fingerprint density at radius 1 is 0.967 bits per heavy atom. The number of hydrogen-bond donors (Lipinski definition) is 0. The lowest BCUT2D eigenvalue weighted by molar-refractivity contribution is -0.134. The van der Waals surface area contributed by atoms with Crippen LogP contribution in [0.15, 0.2) is 36.7 Å². The van der Waals surface area contributed by atoms with Crippen molar-refractivity contribution in [3.05, 3.63) is 42.2 Å². The van der Waals surface area contributed by atoms with E-state index < -0.39 is 11.3 Å². The molecular formula is C25H35ClN2O2. The Bertz CT molecular complexity index is 747. The number of nitrogens with zero attached hydrogens (tertiary/aromatic N) is 2. The fraction of sp³-hybridized carbons (Fsp3) is 0.560. The standard InChI is InChI=1S/C25H35ClN2O2/c1-4-6-7-8-9-10-11-12-20-17-27-24(28-18-20)21-13-15-22(16-14-21)30-25(29)23(26)19(3)5-2/h13-19,23H,4-12H2,1-3H3. The smallest absolute Gasteiger partial charge is 0.329 e. The molecule has 0 saturated heterocycles. The molecule has 5 heteroatoms. The molecule has 0 bridgehead atoms. The number of benzene rings is 1. The molecule has 0 spiro atoms. The van der Waals surface area contributed by atoms with Crippen molar-refractivity contribution in [3.8, 4) is 17.1 Å². The lowest BCUT2D eigenvalue weighted by atomic mass is 10.1. The van der Waals surface area contributed by atoms with Gasteiger partial charge in [0.15, 0.2) is 5.82 Å². The maximum atomic E-state index is 12.1. The van der Waals surface area contributed by atoms with E-state index in [9.17, 15) is 4.79 Å². The average molecular weight is 431 g/mol. The highest BCUT2D eigenvalue weighted by Crippen LogP contribution is 2.22. The van der Waals surface area contributed by atoms with Crippen LogP contribution in [-0.4, -0.2) is 21.3 Å². The van der Waals surface area contributed by atoms with Crippen molar-refractivity contribution in [1.82, 2.24) is 9.97 Å². The van der Waals surface area contributed by atoms with Crippen LogP contribution in [0.4, 0.5) is 0 Å². The van der Waals surface area contributed by atoms with Crippen molar-refractivity contribution in [2.24, 2.45) is 5.92 Å². The molecule has 2 aromatic rings. The molecule has 2 atom stereocenters. The van der Waals surface area contributed by atoms with Crippen LogP contribution in [0.1, 0.15) is 77.7 Å². The zero-order valence-corrected chi connectivity index (χ0v) is 19.3. The van der Waals surface area contributed by atoms with Gasteiger partial charge in [-0.15, -0.1) is 11.6 Å². The molecule has 0 N–H and O–H groups in total. The highest BCUT2D eigenvalue weighted by atomic mass is 35.5. The predicted molar refractivity (Wildman–Crippen MR) is 124 cm³/mol. The molecule has 164 valence electrons. The van der Waals surface area contributed by atoms with Gasteiger partial charge >= 0.3 is 5.97 Å². The molecule has 1 aromatic heterocycles. The monoisotopic (exact) mass is 430 g/mol. The summed E-state index contributed by atoms with van der Waals surface area (Å²) >= 11 is 6.15. The van der Waals surface area contributed by atoms with Gasteiger partial charge in [0.2, 0.25) is 0 Å². The van der Waals surface area contributed by atoms with Crippen LogP contribution in [0.25, 0.3) is 11.4 Å². The van der Waals surface area contributed by atoms with Gasteiger partial charge in [-0.3, -0.25) is 4.79 Å². The van der Waals surface area contributed by atoms with Crippen LogP contribution in [0, 0.1) is 5.92 Å². The summed E-state index contributed by atoms with van der Waals surface area (Å²) in [5, 5.41) is -0.637. The van der Waals surface area contributed by atoms with Crippen LogP contribution in [0.2, 0.25) is 0 Å². The molecule has 0 amide bonds. The van der Waals surface area contributed by atoms with Crippen molar-refractivity contribution in [2.45, 2.75) is 83.9 Å². The summed E-state index contributed by atoms with van der Waals surface area (Å²) in [6, 6.07) is 7.23. The number of esters is 1. The highest BCUT2D eigenvalue weighted by Gasteiger charge is 2.23. The van der Waals surface area contributed by atoms with E-state index in [1.54, 1.807) is 12.1 Å². The Morgan fingerprint density at radius 2 is 1.57 bits per heavy atom. The molecule has 0 aliphatic rings.